The topological polar surface area (TPSA) is 69.7 Å². The molecule has 0 spiro atoms. The SMILES string of the molecule is C[C@H](CNC(=O)CC1(CS(C)(=O)=O)CC1)N1CCN(c2ccccc2)CC1. The lowest BCUT2D eigenvalue weighted by Crippen LogP contribution is -2.52. The van der Waals surface area contributed by atoms with Crippen LogP contribution in [-0.4, -0.2) is 70.0 Å². The number of hydrogen-bond acceptors (Lipinski definition) is 5. The van der Waals surface area contributed by atoms with Gasteiger partial charge < -0.3 is 10.2 Å². The van der Waals surface area contributed by atoms with Crippen LogP contribution in [-0.2, 0) is 14.6 Å². The standard InChI is InChI=1S/C20H31N3O3S/c1-17(15-21-19(24)14-20(8-9-20)16-27(2,25)26)22-10-12-23(13-11-22)18-6-4-3-5-7-18/h3-7,17H,8-16H2,1-2H3,(H,21,24)/t17-/m1/s1. The molecule has 7 heteroatoms. The minimum Gasteiger partial charge on any atom is -0.369 e. The van der Waals surface area contributed by atoms with Gasteiger partial charge in [0.1, 0.15) is 9.84 Å². The number of carbonyl (C=O) groups is 1. The summed E-state index contributed by atoms with van der Waals surface area (Å²) in [4.78, 5) is 17.1. The molecule has 1 heterocycles. The van der Waals surface area contributed by atoms with Gasteiger partial charge >= 0.3 is 0 Å². The van der Waals surface area contributed by atoms with Gasteiger partial charge in [-0.3, -0.25) is 9.69 Å². The fourth-order valence-electron chi connectivity index (χ4n) is 3.96. The van der Waals surface area contributed by atoms with Gasteiger partial charge in [0.2, 0.25) is 5.91 Å². The number of para-hydroxylation sites is 1. The Bertz CT molecular complexity index is 739. The molecular formula is C20H31N3O3S. The molecule has 3 rings (SSSR count). The molecule has 27 heavy (non-hydrogen) atoms. The Balaban J connectivity index is 1.40. The van der Waals surface area contributed by atoms with E-state index in [4.69, 9.17) is 0 Å². The number of anilines is 1. The van der Waals surface area contributed by atoms with Gasteiger partial charge in [-0.2, -0.15) is 0 Å². The van der Waals surface area contributed by atoms with E-state index in [0.29, 0.717) is 13.0 Å². The Hall–Kier alpha value is -1.60. The number of benzene rings is 1. The monoisotopic (exact) mass is 393 g/mol. The van der Waals surface area contributed by atoms with Crippen molar-refractivity contribution < 1.29 is 13.2 Å². The molecule has 150 valence electrons. The summed E-state index contributed by atoms with van der Waals surface area (Å²) in [6.45, 7) is 6.68. The van der Waals surface area contributed by atoms with E-state index in [9.17, 15) is 13.2 Å². The number of piperazine rings is 1. The van der Waals surface area contributed by atoms with E-state index in [-0.39, 0.29) is 23.1 Å². The lowest BCUT2D eigenvalue weighted by Gasteiger charge is -2.39. The highest BCUT2D eigenvalue weighted by molar-refractivity contribution is 7.90. The van der Waals surface area contributed by atoms with Gasteiger partial charge in [0.15, 0.2) is 0 Å². The quantitative estimate of drug-likeness (QED) is 0.725. The van der Waals surface area contributed by atoms with E-state index in [1.54, 1.807) is 0 Å². The predicted octanol–water partition coefficient (Wildman–Crippen LogP) is 1.53. The van der Waals surface area contributed by atoms with Crippen LogP contribution in [0.4, 0.5) is 5.69 Å². The van der Waals surface area contributed by atoms with Crippen LogP contribution in [0.1, 0.15) is 26.2 Å². The second kappa shape index (κ2) is 8.19. The largest absolute Gasteiger partial charge is 0.369 e. The number of rotatable bonds is 8. The zero-order valence-corrected chi connectivity index (χ0v) is 17.2. The molecular weight excluding hydrogens is 362 g/mol. The molecule has 1 saturated carbocycles. The molecule has 1 aromatic carbocycles. The Kier molecular flexibility index (Phi) is 6.11. The van der Waals surface area contributed by atoms with Crippen molar-refractivity contribution in [2.45, 2.75) is 32.2 Å². The smallest absolute Gasteiger partial charge is 0.220 e. The van der Waals surface area contributed by atoms with Crippen LogP contribution in [0.3, 0.4) is 0 Å². The van der Waals surface area contributed by atoms with Crippen molar-refractivity contribution in [3.63, 3.8) is 0 Å². The van der Waals surface area contributed by atoms with Gasteiger partial charge in [-0.1, -0.05) is 18.2 Å². The molecule has 1 aromatic rings. The van der Waals surface area contributed by atoms with Gasteiger partial charge in [-0.15, -0.1) is 0 Å². The average molecular weight is 394 g/mol. The molecule has 1 N–H and O–H groups in total. The van der Waals surface area contributed by atoms with Crippen LogP contribution in [0.15, 0.2) is 30.3 Å². The molecule has 1 aliphatic heterocycles. The molecule has 1 saturated heterocycles. The predicted molar refractivity (Wildman–Crippen MR) is 109 cm³/mol. The third-order valence-corrected chi connectivity index (χ3v) is 6.85. The summed E-state index contributed by atoms with van der Waals surface area (Å²) in [5.41, 5.74) is 0.959. The summed E-state index contributed by atoms with van der Waals surface area (Å²) in [5.74, 6) is 0.107. The van der Waals surface area contributed by atoms with Crippen LogP contribution < -0.4 is 10.2 Å². The van der Waals surface area contributed by atoms with E-state index in [0.717, 1.165) is 39.0 Å². The first-order valence-electron chi connectivity index (χ1n) is 9.75. The first-order valence-corrected chi connectivity index (χ1v) is 11.8. The van der Waals surface area contributed by atoms with E-state index < -0.39 is 9.84 Å². The van der Waals surface area contributed by atoms with Crippen LogP contribution in [0.2, 0.25) is 0 Å². The van der Waals surface area contributed by atoms with Crippen LogP contribution in [0.5, 0.6) is 0 Å². The number of nitrogens with zero attached hydrogens (tertiary/aromatic N) is 2. The first kappa shape index (κ1) is 20.1. The Morgan fingerprint density at radius 1 is 1.15 bits per heavy atom. The second-order valence-electron chi connectivity index (χ2n) is 8.26. The molecule has 1 amide bonds. The average Bonchev–Trinajstić information content (AvgIpc) is 3.37. The highest BCUT2D eigenvalue weighted by Crippen LogP contribution is 2.49. The zero-order chi connectivity index (χ0) is 19.5. The minimum absolute atomic E-state index is 0.0223. The molecule has 2 fully saturated rings. The Morgan fingerprint density at radius 2 is 1.78 bits per heavy atom. The number of amides is 1. The summed E-state index contributed by atoms with van der Waals surface area (Å²) < 4.78 is 23.1. The van der Waals surface area contributed by atoms with Crippen LogP contribution in [0.25, 0.3) is 0 Å². The first-order chi connectivity index (χ1) is 12.8. The fraction of sp³-hybridized carbons (Fsp3) is 0.650. The summed E-state index contributed by atoms with van der Waals surface area (Å²) in [6.07, 6.45) is 3.26. The molecule has 0 unspecified atom stereocenters. The molecule has 0 bridgehead atoms. The van der Waals surface area contributed by atoms with E-state index in [2.05, 4.69) is 46.3 Å². The highest BCUT2D eigenvalue weighted by Gasteiger charge is 2.46. The van der Waals surface area contributed by atoms with Crippen molar-refractivity contribution in [3.8, 4) is 0 Å². The van der Waals surface area contributed by atoms with Crippen LogP contribution in [0, 0.1) is 5.41 Å². The van der Waals surface area contributed by atoms with E-state index in [1.165, 1.54) is 11.9 Å². The summed E-state index contributed by atoms with van der Waals surface area (Å²) >= 11 is 0. The normalized spacial score (nSPS) is 20.9. The van der Waals surface area contributed by atoms with Crippen molar-refractivity contribution in [2.75, 3.05) is 49.6 Å². The Morgan fingerprint density at radius 3 is 2.33 bits per heavy atom. The number of sulfone groups is 1. The third-order valence-electron chi connectivity index (χ3n) is 5.71. The lowest BCUT2D eigenvalue weighted by atomic mass is 10.1. The van der Waals surface area contributed by atoms with E-state index >= 15 is 0 Å². The summed E-state index contributed by atoms with van der Waals surface area (Å²) in [5, 5.41) is 3.02. The Labute approximate surface area is 162 Å². The summed E-state index contributed by atoms with van der Waals surface area (Å²) in [7, 11) is -3.03. The molecule has 6 nitrogen and oxygen atoms in total. The maximum atomic E-state index is 12.3. The third kappa shape index (κ3) is 5.94. The van der Waals surface area contributed by atoms with Crippen molar-refractivity contribution in [2.24, 2.45) is 5.41 Å². The molecule has 2 aliphatic rings. The summed E-state index contributed by atoms with van der Waals surface area (Å²) in [6, 6.07) is 10.7. The maximum Gasteiger partial charge on any atom is 0.220 e. The van der Waals surface area contributed by atoms with Gasteiger partial charge in [0.25, 0.3) is 0 Å². The van der Waals surface area contributed by atoms with Gasteiger partial charge in [0, 0.05) is 57.1 Å². The molecule has 0 aromatic heterocycles. The van der Waals surface area contributed by atoms with Crippen LogP contribution >= 0.6 is 0 Å². The van der Waals surface area contributed by atoms with Gasteiger partial charge in [-0.25, -0.2) is 8.42 Å². The van der Waals surface area contributed by atoms with Gasteiger partial charge in [0.05, 0.1) is 5.75 Å². The maximum absolute atomic E-state index is 12.3. The van der Waals surface area contributed by atoms with Crippen molar-refractivity contribution in [1.82, 2.24) is 10.2 Å². The van der Waals surface area contributed by atoms with Crippen molar-refractivity contribution in [1.29, 1.82) is 0 Å². The minimum atomic E-state index is -3.03. The lowest BCUT2D eigenvalue weighted by molar-refractivity contribution is -0.122. The van der Waals surface area contributed by atoms with Gasteiger partial charge in [-0.05, 0) is 37.3 Å². The highest BCUT2D eigenvalue weighted by atomic mass is 32.2. The van der Waals surface area contributed by atoms with E-state index in [1.807, 2.05) is 6.07 Å². The molecule has 0 radical (unpaired) electrons. The number of hydrogen-bond donors (Lipinski definition) is 1. The zero-order valence-electron chi connectivity index (χ0n) is 16.4. The number of nitrogens with one attached hydrogen (secondary N) is 1. The fourth-order valence-corrected chi connectivity index (χ4v) is 5.46. The van der Waals surface area contributed by atoms with Crippen molar-refractivity contribution >= 4 is 21.4 Å². The molecule has 1 aliphatic carbocycles. The second-order valence-corrected chi connectivity index (χ2v) is 10.4. The number of carbonyl (C=O) groups excluding carboxylic acids is 1. The van der Waals surface area contributed by atoms with Crippen molar-refractivity contribution in [3.05, 3.63) is 30.3 Å². The molecule has 1 atom stereocenters.